The zero-order valence-corrected chi connectivity index (χ0v) is 13.5. The zero-order valence-electron chi connectivity index (χ0n) is 13.5. The first-order chi connectivity index (χ1) is 9.95. The van der Waals surface area contributed by atoms with Gasteiger partial charge in [0.15, 0.2) is 0 Å². The van der Waals surface area contributed by atoms with E-state index in [1.54, 1.807) is 18.9 Å². The topological polar surface area (TPSA) is 57.7 Å². The number of nitrogens with zero attached hydrogens (tertiary/aromatic N) is 2. The molecule has 1 saturated heterocycles. The Bertz CT molecular complexity index is 363. The minimum Gasteiger partial charge on any atom is -0.346 e. The number of rotatable bonds is 7. The summed E-state index contributed by atoms with van der Waals surface area (Å²) in [6, 6.07) is 0. The number of piperidine rings is 1. The highest BCUT2D eigenvalue weighted by molar-refractivity contribution is 5.80. The van der Waals surface area contributed by atoms with Crippen molar-refractivity contribution in [3.8, 4) is 0 Å². The monoisotopic (exact) mass is 296 g/mol. The van der Waals surface area contributed by atoms with Crippen molar-refractivity contribution in [1.82, 2.24) is 9.80 Å². The van der Waals surface area contributed by atoms with Crippen LogP contribution in [-0.2, 0) is 14.4 Å². The quantitative estimate of drug-likeness (QED) is 0.672. The van der Waals surface area contributed by atoms with Crippen molar-refractivity contribution in [1.29, 1.82) is 0 Å². The van der Waals surface area contributed by atoms with Crippen molar-refractivity contribution in [3.63, 3.8) is 0 Å². The number of carbonyl (C=O) groups is 3. The average Bonchev–Trinajstić information content (AvgIpc) is 2.47. The van der Waals surface area contributed by atoms with E-state index in [2.05, 4.69) is 6.92 Å². The lowest BCUT2D eigenvalue weighted by Gasteiger charge is -2.30. The predicted octanol–water partition coefficient (Wildman–Crippen LogP) is 1.71. The summed E-state index contributed by atoms with van der Waals surface area (Å²) in [5, 5.41) is 0. The molecular weight excluding hydrogens is 268 g/mol. The van der Waals surface area contributed by atoms with E-state index in [0.717, 1.165) is 38.1 Å². The molecule has 1 rings (SSSR count). The maximum absolute atomic E-state index is 12.1. The average molecular weight is 296 g/mol. The molecule has 0 radical (unpaired) electrons. The summed E-state index contributed by atoms with van der Waals surface area (Å²) in [4.78, 5) is 38.0. The molecule has 1 aliphatic rings. The highest BCUT2D eigenvalue weighted by atomic mass is 16.2. The minimum absolute atomic E-state index is 0.0265. The lowest BCUT2D eigenvalue weighted by molar-refractivity contribution is -0.136. The normalized spacial score (nSPS) is 17.4. The van der Waals surface area contributed by atoms with Gasteiger partial charge in [0.25, 0.3) is 0 Å². The second-order valence-corrected chi connectivity index (χ2v) is 6.23. The van der Waals surface area contributed by atoms with E-state index in [0.29, 0.717) is 19.4 Å². The van der Waals surface area contributed by atoms with E-state index in [9.17, 15) is 14.4 Å². The lowest BCUT2D eigenvalue weighted by atomic mass is 9.99. The molecule has 0 aromatic heterocycles. The molecule has 21 heavy (non-hydrogen) atoms. The van der Waals surface area contributed by atoms with Crippen LogP contribution in [0.3, 0.4) is 0 Å². The fraction of sp³-hybridized carbons (Fsp3) is 0.812. The van der Waals surface area contributed by atoms with Crippen LogP contribution in [0.1, 0.15) is 46.0 Å². The van der Waals surface area contributed by atoms with Gasteiger partial charge in [-0.25, -0.2) is 0 Å². The molecule has 0 aromatic rings. The van der Waals surface area contributed by atoms with Crippen molar-refractivity contribution in [2.75, 3.05) is 26.7 Å². The Morgan fingerprint density at radius 1 is 1.33 bits per heavy atom. The maximum Gasteiger partial charge on any atom is 0.225 e. The Labute approximate surface area is 127 Å². The van der Waals surface area contributed by atoms with Crippen molar-refractivity contribution < 1.29 is 14.4 Å². The van der Waals surface area contributed by atoms with Gasteiger partial charge in [-0.15, -0.1) is 0 Å². The third-order valence-electron chi connectivity index (χ3n) is 4.27. The molecule has 1 fully saturated rings. The van der Waals surface area contributed by atoms with Crippen molar-refractivity contribution in [3.05, 3.63) is 0 Å². The fourth-order valence-electron chi connectivity index (χ4n) is 2.62. The lowest BCUT2D eigenvalue weighted by Crippen LogP contribution is -2.38. The van der Waals surface area contributed by atoms with Gasteiger partial charge < -0.3 is 14.6 Å². The van der Waals surface area contributed by atoms with Crippen LogP contribution in [-0.4, -0.2) is 54.6 Å². The molecule has 1 aliphatic heterocycles. The summed E-state index contributed by atoms with van der Waals surface area (Å²) in [7, 11) is 1.73. The van der Waals surface area contributed by atoms with Gasteiger partial charge in [-0.2, -0.15) is 0 Å². The van der Waals surface area contributed by atoms with E-state index in [1.165, 1.54) is 0 Å². The van der Waals surface area contributed by atoms with E-state index < -0.39 is 0 Å². The van der Waals surface area contributed by atoms with Crippen LogP contribution >= 0.6 is 0 Å². The molecule has 1 heterocycles. The number of aldehydes is 1. The van der Waals surface area contributed by atoms with E-state index >= 15 is 0 Å². The van der Waals surface area contributed by atoms with Crippen molar-refractivity contribution in [2.24, 2.45) is 11.8 Å². The summed E-state index contributed by atoms with van der Waals surface area (Å²) >= 11 is 0. The van der Waals surface area contributed by atoms with Crippen LogP contribution in [0.2, 0.25) is 0 Å². The van der Waals surface area contributed by atoms with Crippen LogP contribution in [0.25, 0.3) is 0 Å². The third kappa shape index (κ3) is 5.86. The molecule has 2 amide bonds. The van der Waals surface area contributed by atoms with Crippen molar-refractivity contribution in [2.45, 2.75) is 46.0 Å². The van der Waals surface area contributed by atoms with Gasteiger partial charge in [0.1, 0.15) is 6.29 Å². The Kier molecular flexibility index (Phi) is 7.40. The molecule has 120 valence electrons. The molecule has 0 bridgehead atoms. The van der Waals surface area contributed by atoms with Crippen LogP contribution in [0.15, 0.2) is 0 Å². The first-order valence-corrected chi connectivity index (χ1v) is 7.92. The molecule has 0 saturated carbocycles. The Hall–Kier alpha value is -1.39. The van der Waals surface area contributed by atoms with Crippen LogP contribution in [0, 0.1) is 11.8 Å². The smallest absolute Gasteiger partial charge is 0.225 e. The highest BCUT2D eigenvalue weighted by Gasteiger charge is 2.21. The molecule has 0 aliphatic carbocycles. The first-order valence-electron chi connectivity index (χ1n) is 7.92. The SMILES string of the molecule is CC1CCN(C(=O)CCCN(C)C(=O)C(C)CC=O)CC1. The van der Waals surface area contributed by atoms with Gasteiger partial charge in [0, 0.05) is 45.4 Å². The second kappa shape index (κ2) is 8.80. The van der Waals surface area contributed by atoms with Gasteiger partial charge >= 0.3 is 0 Å². The van der Waals surface area contributed by atoms with Crippen LogP contribution < -0.4 is 0 Å². The molecule has 1 unspecified atom stereocenters. The molecule has 5 heteroatoms. The summed E-state index contributed by atoms with van der Waals surface area (Å²) in [5.74, 6) is 0.619. The third-order valence-corrected chi connectivity index (χ3v) is 4.27. The predicted molar refractivity (Wildman–Crippen MR) is 81.7 cm³/mol. The summed E-state index contributed by atoms with van der Waals surface area (Å²) < 4.78 is 0. The summed E-state index contributed by atoms with van der Waals surface area (Å²) in [6.45, 7) is 6.28. The molecule has 5 nitrogen and oxygen atoms in total. The standard InChI is InChI=1S/C16H28N2O3/c1-13-6-10-18(11-7-13)15(20)5-4-9-17(3)16(21)14(2)8-12-19/h12-14H,4-11H2,1-3H3. The van der Waals surface area contributed by atoms with Gasteiger partial charge in [0.2, 0.25) is 11.8 Å². The first kappa shape index (κ1) is 17.7. The Morgan fingerprint density at radius 2 is 1.95 bits per heavy atom. The van der Waals surface area contributed by atoms with Gasteiger partial charge in [0.05, 0.1) is 0 Å². The largest absolute Gasteiger partial charge is 0.346 e. The Balaban J connectivity index is 2.24. The number of likely N-dealkylation sites (tertiary alicyclic amines) is 1. The second-order valence-electron chi connectivity index (χ2n) is 6.23. The Morgan fingerprint density at radius 3 is 2.52 bits per heavy atom. The summed E-state index contributed by atoms with van der Waals surface area (Å²) in [5.41, 5.74) is 0. The molecular formula is C16H28N2O3. The van der Waals surface area contributed by atoms with Gasteiger partial charge in [-0.1, -0.05) is 13.8 Å². The van der Waals surface area contributed by atoms with E-state index in [1.807, 2.05) is 4.90 Å². The summed E-state index contributed by atoms with van der Waals surface area (Å²) in [6.07, 6.45) is 4.39. The van der Waals surface area contributed by atoms with Crippen LogP contribution in [0.4, 0.5) is 0 Å². The number of carbonyl (C=O) groups excluding carboxylic acids is 3. The fourth-order valence-corrected chi connectivity index (χ4v) is 2.62. The van der Waals surface area contributed by atoms with E-state index in [4.69, 9.17) is 0 Å². The number of hydrogen-bond acceptors (Lipinski definition) is 3. The molecule has 1 atom stereocenters. The number of hydrogen-bond donors (Lipinski definition) is 0. The van der Waals surface area contributed by atoms with E-state index in [-0.39, 0.29) is 24.2 Å². The molecule has 0 N–H and O–H groups in total. The van der Waals surface area contributed by atoms with Crippen LogP contribution in [0.5, 0.6) is 0 Å². The highest BCUT2D eigenvalue weighted by Crippen LogP contribution is 2.17. The zero-order chi connectivity index (χ0) is 15.8. The minimum atomic E-state index is -0.271. The van der Waals surface area contributed by atoms with Gasteiger partial charge in [-0.3, -0.25) is 9.59 Å². The molecule has 0 spiro atoms. The maximum atomic E-state index is 12.1. The van der Waals surface area contributed by atoms with Gasteiger partial charge in [-0.05, 0) is 25.2 Å². The number of amides is 2. The van der Waals surface area contributed by atoms with Crippen molar-refractivity contribution >= 4 is 18.1 Å². The molecule has 0 aromatic carbocycles.